The number of carbonyl (C=O) groups is 1. The molecule has 0 saturated carbocycles. The summed E-state index contributed by atoms with van der Waals surface area (Å²) >= 11 is 17.6. The summed E-state index contributed by atoms with van der Waals surface area (Å²) in [6.07, 6.45) is 0.568. The largest absolute Gasteiger partial charge is 0.298 e. The minimum absolute atomic E-state index is 0.0694. The van der Waals surface area contributed by atoms with E-state index < -0.39 is 0 Å². The van der Waals surface area contributed by atoms with Gasteiger partial charge in [0, 0.05) is 5.02 Å². The summed E-state index contributed by atoms with van der Waals surface area (Å²) in [5, 5.41) is 4.74. The third kappa shape index (κ3) is 1.94. The summed E-state index contributed by atoms with van der Waals surface area (Å²) < 4.78 is 1.36. The van der Waals surface area contributed by atoms with Crippen molar-refractivity contribution in [2.75, 3.05) is 0 Å². The molecule has 1 aromatic heterocycles. The standard InChI is InChI=1S/C10H5Cl3N2O/c11-6-2-1-3-7(4-6)15-10(13)8(5-16)9(12)14-15/h1-5H. The minimum atomic E-state index is 0.0694. The van der Waals surface area contributed by atoms with E-state index in [0.717, 1.165) is 0 Å². The number of rotatable bonds is 2. The first kappa shape index (κ1) is 11.5. The molecule has 16 heavy (non-hydrogen) atoms. The van der Waals surface area contributed by atoms with E-state index in [2.05, 4.69) is 5.10 Å². The van der Waals surface area contributed by atoms with Crippen LogP contribution in [0.1, 0.15) is 10.4 Å². The maximum Gasteiger partial charge on any atom is 0.163 e. The molecule has 0 aliphatic carbocycles. The molecule has 0 N–H and O–H groups in total. The highest BCUT2D eigenvalue weighted by Gasteiger charge is 2.15. The van der Waals surface area contributed by atoms with Crippen LogP contribution in [-0.4, -0.2) is 16.1 Å². The predicted molar refractivity (Wildman–Crippen MR) is 64.0 cm³/mol. The molecule has 0 aliphatic heterocycles. The Morgan fingerprint density at radius 2 is 2.00 bits per heavy atom. The Morgan fingerprint density at radius 3 is 2.56 bits per heavy atom. The number of aldehydes is 1. The van der Waals surface area contributed by atoms with Crippen molar-refractivity contribution in [1.29, 1.82) is 0 Å². The van der Waals surface area contributed by atoms with Crippen LogP contribution in [0.3, 0.4) is 0 Å². The maximum absolute atomic E-state index is 10.7. The highest BCUT2D eigenvalue weighted by atomic mass is 35.5. The summed E-state index contributed by atoms with van der Waals surface area (Å²) in [4.78, 5) is 10.7. The molecule has 1 aromatic carbocycles. The highest BCUT2D eigenvalue weighted by molar-refractivity contribution is 6.37. The fourth-order valence-corrected chi connectivity index (χ4v) is 1.97. The third-order valence-corrected chi connectivity index (χ3v) is 2.87. The van der Waals surface area contributed by atoms with Gasteiger partial charge in [-0.3, -0.25) is 4.79 Å². The molecule has 2 rings (SSSR count). The van der Waals surface area contributed by atoms with Crippen LogP contribution >= 0.6 is 34.8 Å². The lowest BCUT2D eigenvalue weighted by Crippen LogP contribution is -1.96. The number of aromatic nitrogens is 2. The molecular weight excluding hydrogens is 270 g/mol. The number of hydrogen-bond acceptors (Lipinski definition) is 2. The Hall–Kier alpha value is -1.03. The Balaban J connectivity index is 2.61. The summed E-state index contributed by atoms with van der Waals surface area (Å²) in [5.41, 5.74) is 0.816. The van der Waals surface area contributed by atoms with E-state index in [1.165, 1.54) is 4.68 Å². The van der Waals surface area contributed by atoms with Crippen molar-refractivity contribution < 1.29 is 4.79 Å². The van der Waals surface area contributed by atoms with Gasteiger partial charge in [-0.2, -0.15) is 5.10 Å². The van der Waals surface area contributed by atoms with Gasteiger partial charge >= 0.3 is 0 Å². The number of benzene rings is 1. The van der Waals surface area contributed by atoms with Crippen molar-refractivity contribution in [2.45, 2.75) is 0 Å². The van der Waals surface area contributed by atoms with Gasteiger partial charge in [-0.15, -0.1) is 0 Å². The van der Waals surface area contributed by atoms with Gasteiger partial charge in [-0.05, 0) is 18.2 Å². The van der Waals surface area contributed by atoms with Gasteiger partial charge in [0.2, 0.25) is 0 Å². The van der Waals surface area contributed by atoms with Crippen molar-refractivity contribution >= 4 is 41.1 Å². The lowest BCUT2D eigenvalue weighted by molar-refractivity contribution is 0.112. The monoisotopic (exact) mass is 274 g/mol. The molecule has 82 valence electrons. The normalized spacial score (nSPS) is 10.4. The van der Waals surface area contributed by atoms with Gasteiger partial charge in [0.1, 0.15) is 5.15 Å². The number of carbonyl (C=O) groups excluding carboxylic acids is 1. The fraction of sp³-hybridized carbons (Fsp3) is 0. The molecule has 1 heterocycles. The second-order valence-electron chi connectivity index (χ2n) is 3.00. The summed E-state index contributed by atoms with van der Waals surface area (Å²) in [6.45, 7) is 0. The van der Waals surface area contributed by atoms with E-state index in [4.69, 9.17) is 34.8 Å². The van der Waals surface area contributed by atoms with E-state index in [9.17, 15) is 4.79 Å². The highest BCUT2D eigenvalue weighted by Crippen LogP contribution is 2.26. The van der Waals surface area contributed by atoms with Crippen molar-refractivity contribution in [3.63, 3.8) is 0 Å². The molecule has 6 heteroatoms. The number of halogens is 3. The Morgan fingerprint density at radius 1 is 1.25 bits per heavy atom. The zero-order chi connectivity index (χ0) is 11.7. The van der Waals surface area contributed by atoms with Gasteiger partial charge in [0.25, 0.3) is 0 Å². The summed E-state index contributed by atoms with van der Waals surface area (Å²) in [7, 11) is 0. The third-order valence-electron chi connectivity index (χ3n) is 1.99. The number of hydrogen-bond donors (Lipinski definition) is 0. The first-order valence-corrected chi connectivity index (χ1v) is 5.42. The van der Waals surface area contributed by atoms with E-state index in [1.807, 2.05) is 0 Å². The van der Waals surface area contributed by atoms with Gasteiger partial charge in [-0.1, -0.05) is 40.9 Å². The molecule has 0 saturated heterocycles. The van der Waals surface area contributed by atoms with E-state index in [-0.39, 0.29) is 15.9 Å². The molecule has 3 nitrogen and oxygen atoms in total. The zero-order valence-electron chi connectivity index (χ0n) is 7.82. The molecular formula is C10H5Cl3N2O. The topological polar surface area (TPSA) is 34.9 Å². The van der Waals surface area contributed by atoms with Crippen LogP contribution < -0.4 is 0 Å². The van der Waals surface area contributed by atoms with Crippen LogP contribution in [0.4, 0.5) is 0 Å². The van der Waals surface area contributed by atoms with Crippen molar-refractivity contribution in [3.8, 4) is 5.69 Å². The Kier molecular flexibility index (Phi) is 3.19. The molecule has 0 spiro atoms. The van der Waals surface area contributed by atoms with Crippen LogP contribution in [0, 0.1) is 0 Å². The fourth-order valence-electron chi connectivity index (χ4n) is 1.26. The van der Waals surface area contributed by atoms with Gasteiger partial charge < -0.3 is 0 Å². The van der Waals surface area contributed by atoms with E-state index >= 15 is 0 Å². The molecule has 0 radical (unpaired) electrons. The van der Waals surface area contributed by atoms with Gasteiger partial charge in [0.15, 0.2) is 11.4 Å². The quantitative estimate of drug-likeness (QED) is 0.784. The van der Waals surface area contributed by atoms with Crippen molar-refractivity contribution in [3.05, 3.63) is 45.2 Å². The van der Waals surface area contributed by atoms with Crippen LogP contribution in [0.5, 0.6) is 0 Å². The van der Waals surface area contributed by atoms with Crippen LogP contribution in [0.25, 0.3) is 5.69 Å². The van der Waals surface area contributed by atoms with Crippen LogP contribution in [0.2, 0.25) is 15.3 Å². The molecule has 0 aliphatic rings. The second-order valence-corrected chi connectivity index (χ2v) is 4.16. The van der Waals surface area contributed by atoms with Crippen molar-refractivity contribution in [1.82, 2.24) is 9.78 Å². The smallest absolute Gasteiger partial charge is 0.163 e. The van der Waals surface area contributed by atoms with E-state index in [0.29, 0.717) is 17.0 Å². The molecule has 0 atom stereocenters. The Bertz CT molecular complexity index is 551. The number of nitrogens with zero attached hydrogens (tertiary/aromatic N) is 2. The summed E-state index contributed by atoms with van der Waals surface area (Å²) in [5.74, 6) is 0. The lowest BCUT2D eigenvalue weighted by atomic mass is 10.3. The van der Waals surface area contributed by atoms with Gasteiger partial charge in [-0.25, -0.2) is 4.68 Å². The van der Waals surface area contributed by atoms with Crippen LogP contribution in [0.15, 0.2) is 24.3 Å². The minimum Gasteiger partial charge on any atom is -0.298 e. The van der Waals surface area contributed by atoms with Crippen molar-refractivity contribution in [2.24, 2.45) is 0 Å². The summed E-state index contributed by atoms with van der Waals surface area (Å²) in [6, 6.07) is 6.91. The Labute approximate surface area is 107 Å². The SMILES string of the molecule is O=Cc1c(Cl)nn(-c2cccc(Cl)c2)c1Cl. The molecule has 0 fully saturated rings. The maximum atomic E-state index is 10.7. The first-order chi connectivity index (χ1) is 7.63. The predicted octanol–water partition coefficient (Wildman–Crippen LogP) is 3.65. The first-order valence-electron chi connectivity index (χ1n) is 4.28. The van der Waals surface area contributed by atoms with Gasteiger partial charge in [0.05, 0.1) is 11.3 Å². The molecule has 0 amide bonds. The lowest BCUT2D eigenvalue weighted by Gasteiger charge is -2.02. The zero-order valence-corrected chi connectivity index (χ0v) is 10.1. The molecule has 2 aromatic rings. The molecule has 0 unspecified atom stereocenters. The second kappa shape index (κ2) is 4.45. The van der Waals surface area contributed by atoms with Crippen LogP contribution in [-0.2, 0) is 0 Å². The van der Waals surface area contributed by atoms with E-state index in [1.54, 1.807) is 24.3 Å². The average Bonchev–Trinajstić information content (AvgIpc) is 2.54. The molecule has 0 bridgehead atoms. The average molecular weight is 276 g/mol.